The summed E-state index contributed by atoms with van der Waals surface area (Å²) in [5, 5.41) is 0. The van der Waals surface area contributed by atoms with E-state index in [0.717, 1.165) is 5.92 Å². The van der Waals surface area contributed by atoms with Crippen molar-refractivity contribution in [2.24, 2.45) is 5.92 Å². The van der Waals surface area contributed by atoms with Gasteiger partial charge in [0.2, 0.25) is 0 Å². The molecule has 34 valence electrons. The topological polar surface area (TPSA) is 0 Å². The normalized spacial score (nSPS) is 19.5. The average Bonchev–Trinajstić information content (AvgIpc) is 2.12. The smallest absolute Gasteiger partial charge is 1.00 e. The molecule has 0 N–H and O–H groups in total. The van der Waals surface area contributed by atoms with Crippen molar-refractivity contribution in [3.63, 3.8) is 0 Å². The molecule has 1 fully saturated rings. The van der Waals surface area contributed by atoms with Gasteiger partial charge in [0.25, 0.3) is 0 Å². The van der Waals surface area contributed by atoms with Crippen LogP contribution in [0.3, 0.4) is 0 Å². The van der Waals surface area contributed by atoms with Crippen LogP contribution < -0.4 is 0 Å². The molecular weight excluding hydrogens is 84.4 g/mol. The van der Waals surface area contributed by atoms with Gasteiger partial charge < -0.3 is 2.85 Å². The third-order valence-electron chi connectivity index (χ3n) is 1.27. The van der Waals surface area contributed by atoms with Crippen LogP contribution in [0.4, 0.5) is 0 Å². The summed E-state index contributed by atoms with van der Waals surface area (Å²) < 4.78 is 0. The first-order valence-corrected chi connectivity index (χ1v) is 2.43. The Kier molecular flexibility index (Phi) is 3.23. The van der Waals surface area contributed by atoms with Gasteiger partial charge in [0.15, 0.2) is 0 Å². The van der Waals surface area contributed by atoms with Crippen LogP contribution in [0.25, 0.3) is 0 Å². The molecule has 1 aliphatic rings. The SMILES string of the molecule is CCC1CC1.[H-].[H-].[Mg+2]. The molecule has 0 aromatic rings. The minimum Gasteiger partial charge on any atom is -1.00 e. The Hall–Kier alpha value is 0.766. The Balaban J connectivity index is -0.0000000833. The van der Waals surface area contributed by atoms with Crippen LogP contribution >= 0.6 is 0 Å². The van der Waals surface area contributed by atoms with E-state index >= 15 is 0 Å². The first-order chi connectivity index (χ1) is 2.43. The van der Waals surface area contributed by atoms with Gasteiger partial charge in [-0.05, 0) is 5.92 Å². The van der Waals surface area contributed by atoms with E-state index < -0.39 is 0 Å². The summed E-state index contributed by atoms with van der Waals surface area (Å²) in [5.74, 6) is 1.13. The number of hydrogen-bond acceptors (Lipinski definition) is 0. The molecule has 6 heavy (non-hydrogen) atoms. The molecule has 0 saturated heterocycles. The van der Waals surface area contributed by atoms with E-state index in [2.05, 4.69) is 6.92 Å². The van der Waals surface area contributed by atoms with Crippen LogP contribution in [0.5, 0.6) is 0 Å². The van der Waals surface area contributed by atoms with Crippen LogP contribution in [-0.2, 0) is 0 Å². The van der Waals surface area contributed by atoms with Crippen LogP contribution in [0.2, 0.25) is 0 Å². The Labute approximate surface area is 58.4 Å². The van der Waals surface area contributed by atoms with Crippen molar-refractivity contribution in [2.45, 2.75) is 26.2 Å². The van der Waals surface area contributed by atoms with Gasteiger partial charge in [-0.1, -0.05) is 26.2 Å². The van der Waals surface area contributed by atoms with Gasteiger partial charge in [-0.15, -0.1) is 0 Å². The molecule has 0 atom stereocenters. The monoisotopic (exact) mass is 96.1 g/mol. The van der Waals surface area contributed by atoms with E-state index in [1.807, 2.05) is 0 Å². The Bertz CT molecular complexity index is 37.4. The van der Waals surface area contributed by atoms with Crippen molar-refractivity contribution < 1.29 is 2.85 Å². The molecule has 0 aromatic carbocycles. The third-order valence-corrected chi connectivity index (χ3v) is 1.27. The fourth-order valence-corrected chi connectivity index (χ4v) is 0.526. The van der Waals surface area contributed by atoms with Gasteiger partial charge in [-0.2, -0.15) is 0 Å². The molecule has 0 aliphatic heterocycles. The van der Waals surface area contributed by atoms with E-state index in [0.29, 0.717) is 0 Å². The molecule has 1 rings (SSSR count). The Morgan fingerprint density at radius 2 is 2.17 bits per heavy atom. The number of rotatable bonds is 1. The summed E-state index contributed by atoms with van der Waals surface area (Å²) in [5.41, 5.74) is 0. The molecule has 0 heterocycles. The first-order valence-electron chi connectivity index (χ1n) is 2.43. The maximum Gasteiger partial charge on any atom is 2.00 e. The predicted octanol–water partition coefficient (Wildman–Crippen LogP) is 1.65. The van der Waals surface area contributed by atoms with E-state index in [4.69, 9.17) is 0 Å². The Morgan fingerprint density at radius 1 is 1.67 bits per heavy atom. The summed E-state index contributed by atoms with van der Waals surface area (Å²) in [6.07, 6.45) is 4.44. The first kappa shape index (κ1) is 6.77. The second kappa shape index (κ2) is 2.86. The molecule has 0 radical (unpaired) electrons. The third kappa shape index (κ3) is 2.03. The van der Waals surface area contributed by atoms with Crippen molar-refractivity contribution in [3.05, 3.63) is 0 Å². The second-order valence-corrected chi connectivity index (χ2v) is 1.85. The molecule has 0 aromatic heterocycles. The molecule has 1 aliphatic carbocycles. The summed E-state index contributed by atoms with van der Waals surface area (Å²) in [4.78, 5) is 0. The minimum atomic E-state index is 0. The fraction of sp³-hybridized carbons (Fsp3) is 1.00. The summed E-state index contributed by atoms with van der Waals surface area (Å²) in [6.45, 7) is 2.26. The largest absolute Gasteiger partial charge is 2.00 e. The van der Waals surface area contributed by atoms with Crippen molar-refractivity contribution >= 4 is 23.1 Å². The molecule has 0 amide bonds. The predicted molar refractivity (Wildman–Crippen MR) is 31.0 cm³/mol. The van der Waals surface area contributed by atoms with E-state index in [9.17, 15) is 0 Å². The standard InChI is InChI=1S/C5H10.Mg.2H/c1-2-5-3-4-5;;;/h5H,2-4H2,1H3;;;/q;+2;2*-1. The summed E-state index contributed by atoms with van der Waals surface area (Å²) in [7, 11) is 0. The molecule has 0 nitrogen and oxygen atoms in total. The zero-order chi connectivity index (χ0) is 3.70. The summed E-state index contributed by atoms with van der Waals surface area (Å²) >= 11 is 0. The quantitative estimate of drug-likeness (QED) is 0.436. The average molecular weight is 96.5 g/mol. The van der Waals surface area contributed by atoms with Gasteiger partial charge >= 0.3 is 23.1 Å². The fourth-order valence-electron chi connectivity index (χ4n) is 0.526. The van der Waals surface area contributed by atoms with E-state index in [-0.39, 0.29) is 25.9 Å². The zero-order valence-electron chi connectivity index (χ0n) is 6.41. The van der Waals surface area contributed by atoms with E-state index in [1.54, 1.807) is 0 Å². The van der Waals surface area contributed by atoms with Gasteiger partial charge in [0.05, 0.1) is 0 Å². The second-order valence-electron chi connectivity index (χ2n) is 1.85. The molecule has 1 saturated carbocycles. The Morgan fingerprint density at radius 3 is 2.17 bits per heavy atom. The van der Waals surface area contributed by atoms with Gasteiger partial charge in [0.1, 0.15) is 0 Å². The van der Waals surface area contributed by atoms with Crippen LogP contribution in [0, 0.1) is 5.92 Å². The zero-order valence-corrected chi connectivity index (χ0v) is 5.82. The van der Waals surface area contributed by atoms with Gasteiger partial charge in [0, 0.05) is 0 Å². The van der Waals surface area contributed by atoms with Crippen LogP contribution in [0.1, 0.15) is 29.0 Å². The van der Waals surface area contributed by atoms with Crippen molar-refractivity contribution in [3.8, 4) is 0 Å². The van der Waals surface area contributed by atoms with E-state index in [1.165, 1.54) is 19.3 Å². The van der Waals surface area contributed by atoms with Crippen molar-refractivity contribution in [2.75, 3.05) is 0 Å². The van der Waals surface area contributed by atoms with Gasteiger partial charge in [-0.25, -0.2) is 0 Å². The molecular formula is C5H12Mg. The molecule has 0 spiro atoms. The van der Waals surface area contributed by atoms with Gasteiger partial charge in [-0.3, -0.25) is 0 Å². The van der Waals surface area contributed by atoms with Crippen molar-refractivity contribution in [1.29, 1.82) is 0 Å². The van der Waals surface area contributed by atoms with Crippen LogP contribution in [0.15, 0.2) is 0 Å². The maximum atomic E-state index is 2.26. The van der Waals surface area contributed by atoms with Crippen LogP contribution in [-0.4, -0.2) is 23.1 Å². The maximum absolute atomic E-state index is 2.26. The summed E-state index contributed by atoms with van der Waals surface area (Å²) in [6, 6.07) is 0. The van der Waals surface area contributed by atoms with Crippen molar-refractivity contribution in [1.82, 2.24) is 0 Å². The number of hydrogen-bond donors (Lipinski definition) is 0. The molecule has 0 unspecified atom stereocenters. The molecule has 1 heteroatoms. The molecule has 0 bridgehead atoms. The minimum absolute atomic E-state index is 0.